The third kappa shape index (κ3) is 4.88. The predicted molar refractivity (Wildman–Crippen MR) is 74.0 cm³/mol. The summed E-state index contributed by atoms with van der Waals surface area (Å²) in [7, 11) is 0. The van der Waals surface area contributed by atoms with Crippen molar-refractivity contribution >= 4 is 36.0 Å². The number of ether oxygens (including phenoxy) is 1. The highest BCUT2D eigenvalue weighted by molar-refractivity contribution is 7.79. The molecule has 17 heavy (non-hydrogen) atoms. The monoisotopic (exact) mass is 273 g/mol. The van der Waals surface area contributed by atoms with Crippen LogP contribution in [0.2, 0.25) is 5.02 Å². The van der Waals surface area contributed by atoms with Gasteiger partial charge in [0.1, 0.15) is 5.60 Å². The van der Waals surface area contributed by atoms with Crippen molar-refractivity contribution in [1.29, 1.82) is 0 Å². The second-order valence-corrected chi connectivity index (χ2v) is 5.31. The molecule has 1 N–H and O–H groups in total. The van der Waals surface area contributed by atoms with Gasteiger partial charge in [-0.15, -0.1) is 0 Å². The largest absolute Gasteiger partial charge is 0.444 e. The van der Waals surface area contributed by atoms with Crippen LogP contribution in [0.15, 0.2) is 18.2 Å². The molecule has 94 valence electrons. The van der Waals surface area contributed by atoms with Crippen LogP contribution in [0.25, 0.3) is 0 Å². The van der Waals surface area contributed by atoms with Crippen LogP contribution in [0.3, 0.4) is 0 Å². The minimum atomic E-state index is -0.511. The number of carbonyl (C=O) groups excluding carboxylic acids is 1. The normalized spacial score (nSPS) is 11.1. The molecule has 0 atom stereocenters. The molecule has 0 saturated carbocycles. The first kappa shape index (κ1) is 14.2. The number of thiol groups is 1. The summed E-state index contributed by atoms with van der Waals surface area (Å²) in [5.41, 5.74) is 0.999. The van der Waals surface area contributed by atoms with E-state index in [1.54, 1.807) is 18.2 Å². The fourth-order valence-corrected chi connectivity index (χ4v) is 1.73. The number of rotatable bonds is 2. The van der Waals surface area contributed by atoms with Crippen LogP contribution < -0.4 is 5.32 Å². The van der Waals surface area contributed by atoms with Crippen LogP contribution in [0.5, 0.6) is 0 Å². The lowest BCUT2D eigenvalue weighted by molar-refractivity contribution is 0.0636. The summed E-state index contributed by atoms with van der Waals surface area (Å²) in [4.78, 5) is 11.5. The molecule has 1 aromatic carbocycles. The van der Waals surface area contributed by atoms with Crippen molar-refractivity contribution in [2.45, 2.75) is 32.1 Å². The van der Waals surface area contributed by atoms with E-state index in [1.807, 2.05) is 20.8 Å². The molecule has 1 aromatic rings. The lowest BCUT2D eigenvalue weighted by Gasteiger charge is -2.19. The molecular weight excluding hydrogens is 258 g/mol. The van der Waals surface area contributed by atoms with Crippen LogP contribution in [-0.4, -0.2) is 11.7 Å². The standard InChI is InChI=1S/C12H16ClNO2S/c1-12(2,3)16-11(15)14-9-4-5-10(13)8(6-9)7-17/h4-6,17H,7H2,1-3H3,(H,14,15). The third-order valence-electron chi connectivity index (χ3n) is 1.86. The minimum Gasteiger partial charge on any atom is -0.444 e. The number of hydrogen-bond acceptors (Lipinski definition) is 3. The molecule has 0 saturated heterocycles. The summed E-state index contributed by atoms with van der Waals surface area (Å²) in [5.74, 6) is 0.517. The number of anilines is 1. The van der Waals surface area contributed by atoms with E-state index in [0.717, 1.165) is 5.56 Å². The summed E-state index contributed by atoms with van der Waals surface area (Å²) < 4.78 is 5.14. The van der Waals surface area contributed by atoms with Gasteiger partial charge in [0.25, 0.3) is 0 Å². The molecule has 0 radical (unpaired) electrons. The Morgan fingerprint density at radius 1 is 1.47 bits per heavy atom. The number of amides is 1. The van der Waals surface area contributed by atoms with Gasteiger partial charge in [-0.05, 0) is 44.5 Å². The Morgan fingerprint density at radius 3 is 2.65 bits per heavy atom. The smallest absolute Gasteiger partial charge is 0.412 e. The molecule has 0 heterocycles. The van der Waals surface area contributed by atoms with E-state index < -0.39 is 11.7 Å². The number of halogens is 1. The number of carbonyl (C=O) groups is 1. The van der Waals surface area contributed by atoms with E-state index in [-0.39, 0.29) is 0 Å². The highest BCUT2D eigenvalue weighted by Gasteiger charge is 2.16. The predicted octanol–water partition coefficient (Wildman–Crippen LogP) is 4.12. The average Bonchev–Trinajstić information content (AvgIpc) is 2.18. The third-order valence-corrected chi connectivity index (χ3v) is 2.57. The van der Waals surface area contributed by atoms with Crippen molar-refractivity contribution in [3.63, 3.8) is 0 Å². The molecule has 0 aliphatic rings. The van der Waals surface area contributed by atoms with Gasteiger partial charge in [-0.1, -0.05) is 11.6 Å². The maximum atomic E-state index is 11.5. The number of nitrogens with one attached hydrogen (secondary N) is 1. The summed E-state index contributed by atoms with van der Waals surface area (Å²) in [5, 5.41) is 3.28. The van der Waals surface area contributed by atoms with Crippen LogP contribution in [0.1, 0.15) is 26.3 Å². The SMILES string of the molecule is CC(C)(C)OC(=O)Nc1ccc(Cl)c(CS)c1. The van der Waals surface area contributed by atoms with Gasteiger partial charge in [0.2, 0.25) is 0 Å². The Balaban J connectivity index is 2.72. The summed E-state index contributed by atoms with van der Waals surface area (Å²) in [6, 6.07) is 5.22. The van der Waals surface area contributed by atoms with Gasteiger partial charge in [0.15, 0.2) is 0 Å². The van der Waals surface area contributed by atoms with E-state index >= 15 is 0 Å². The molecule has 3 nitrogen and oxygen atoms in total. The topological polar surface area (TPSA) is 38.3 Å². The highest BCUT2D eigenvalue weighted by Crippen LogP contribution is 2.22. The second kappa shape index (κ2) is 5.65. The first-order valence-electron chi connectivity index (χ1n) is 5.21. The lowest BCUT2D eigenvalue weighted by atomic mass is 10.2. The van der Waals surface area contributed by atoms with E-state index in [9.17, 15) is 4.79 Å². The lowest BCUT2D eigenvalue weighted by Crippen LogP contribution is -2.27. The van der Waals surface area contributed by atoms with Gasteiger partial charge in [0, 0.05) is 16.5 Å². The molecule has 0 spiro atoms. The second-order valence-electron chi connectivity index (χ2n) is 4.59. The van der Waals surface area contributed by atoms with Gasteiger partial charge in [-0.2, -0.15) is 12.6 Å². The molecule has 0 aliphatic heterocycles. The van der Waals surface area contributed by atoms with E-state index in [0.29, 0.717) is 16.5 Å². The molecule has 5 heteroatoms. The molecule has 0 fully saturated rings. The molecule has 0 aliphatic carbocycles. The van der Waals surface area contributed by atoms with Gasteiger partial charge in [-0.25, -0.2) is 4.79 Å². The summed E-state index contributed by atoms with van der Waals surface area (Å²) in [6.45, 7) is 5.44. The van der Waals surface area contributed by atoms with Crippen molar-refractivity contribution < 1.29 is 9.53 Å². The molecular formula is C12H16ClNO2S. The van der Waals surface area contributed by atoms with Gasteiger partial charge < -0.3 is 4.74 Å². The zero-order valence-corrected chi connectivity index (χ0v) is 11.7. The van der Waals surface area contributed by atoms with Gasteiger partial charge in [-0.3, -0.25) is 5.32 Å². The van der Waals surface area contributed by atoms with Crippen molar-refractivity contribution in [3.05, 3.63) is 28.8 Å². The van der Waals surface area contributed by atoms with Crippen LogP contribution >= 0.6 is 24.2 Å². The average molecular weight is 274 g/mol. The zero-order chi connectivity index (χ0) is 13.1. The van der Waals surface area contributed by atoms with E-state index in [4.69, 9.17) is 16.3 Å². The van der Waals surface area contributed by atoms with Gasteiger partial charge >= 0.3 is 6.09 Å². The minimum absolute atomic E-state index is 0.482. The fourth-order valence-electron chi connectivity index (χ4n) is 1.20. The maximum absolute atomic E-state index is 11.5. The van der Waals surface area contributed by atoms with Crippen LogP contribution in [0, 0.1) is 0 Å². The highest BCUT2D eigenvalue weighted by atomic mass is 35.5. The summed E-state index contributed by atoms with van der Waals surface area (Å²) in [6.07, 6.45) is -0.482. The van der Waals surface area contributed by atoms with Crippen molar-refractivity contribution in [1.82, 2.24) is 0 Å². The van der Waals surface area contributed by atoms with Crippen LogP contribution in [0.4, 0.5) is 10.5 Å². The number of benzene rings is 1. The first-order valence-corrected chi connectivity index (χ1v) is 6.22. The molecule has 0 unspecified atom stereocenters. The Bertz CT molecular complexity index is 415. The van der Waals surface area contributed by atoms with Crippen molar-refractivity contribution in [2.75, 3.05) is 5.32 Å². The Hall–Kier alpha value is -0.870. The van der Waals surface area contributed by atoms with Gasteiger partial charge in [0.05, 0.1) is 0 Å². The van der Waals surface area contributed by atoms with Crippen LogP contribution in [-0.2, 0) is 10.5 Å². The van der Waals surface area contributed by atoms with E-state index in [2.05, 4.69) is 17.9 Å². The molecule has 1 amide bonds. The Labute approximate surface area is 112 Å². The van der Waals surface area contributed by atoms with E-state index in [1.165, 1.54) is 0 Å². The quantitative estimate of drug-likeness (QED) is 0.796. The Morgan fingerprint density at radius 2 is 2.12 bits per heavy atom. The number of hydrogen-bond donors (Lipinski definition) is 2. The zero-order valence-electron chi connectivity index (χ0n) is 10.1. The molecule has 1 rings (SSSR count). The molecule has 0 aromatic heterocycles. The summed E-state index contributed by atoms with van der Waals surface area (Å²) >= 11 is 10.1. The van der Waals surface area contributed by atoms with Crippen molar-refractivity contribution in [3.8, 4) is 0 Å². The fraction of sp³-hybridized carbons (Fsp3) is 0.417. The maximum Gasteiger partial charge on any atom is 0.412 e. The Kier molecular flexibility index (Phi) is 4.71. The first-order chi connectivity index (χ1) is 7.81. The van der Waals surface area contributed by atoms with Crippen molar-refractivity contribution in [2.24, 2.45) is 0 Å². The molecule has 0 bridgehead atoms.